The van der Waals surface area contributed by atoms with Crippen LogP contribution >= 0.6 is 0 Å². The molecule has 1 aliphatic carbocycles. The van der Waals surface area contributed by atoms with Gasteiger partial charge in [-0.3, -0.25) is 19.4 Å². The highest BCUT2D eigenvalue weighted by Crippen LogP contribution is 2.17. The van der Waals surface area contributed by atoms with Gasteiger partial charge in [-0.15, -0.1) is 0 Å². The zero-order valence-corrected chi connectivity index (χ0v) is 22.0. The van der Waals surface area contributed by atoms with Gasteiger partial charge in [-0.1, -0.05) is 30.4 Å². The van der Waals surface area contributed by atoms with E-state index in [4.69, 9.17) is 0 Å². The van der Waals surface area contributed by atoms with E-state index in [-0.39, 0.29) is 19.1 Å². The number of carboxylic acids is 2. The number of nitrogens with zero attached hydrogens (tertiary/aromatic N) is 5. The minimum Gasteiger partial charge on any atom is -0.480 e. The molecule has 0 amide bonds. The van der Waals surface area contributed by atoms with Crippen molar-refractivity contribution in [1.82, 2.24) is 24.7 Å². The van der Waals surface area contributed by atoms with Crippen LogP contribution in [0.25, 0.3) is 0 Å². The van der Waals surface area contributed by atoms with E-state index in [0.29, 0.717) is 32.6 Å². The molecule has 0 aromatic heterocycles. The quantitative estimate of drug-likeness (QED) is 0.379. The van der Waals surface area contributed by atoms with Crippen molar-refractivity contribution >= 4 is 11.9 Å². The third-order valence-electron chi connectivity index (χ3n) is 6.79. The molecule has 0 spiro atoms. The Labute approximate surface area is 215 Å². The fraction of sp³-hybridized carbons (Fsp3) is 0.692. The van der Waals surface area contributed by atoms with Crippen LogP contribution in [0.5, 0.6) is 0 Å². The number of rotatable bonds is 11. The number of carboxylic acid groups (broad SMARTS) is 2. The van der Waals surface area contributed by atoms with Crippen LogP contribution < -0.4 is 0 Å². The number of allylic oxidation sites excluding steroid dienone is 6. The summed E-state index contributed by atoms with van der Waals surface area (Å²) in [7, 11) is 4.15. The molecule has 36 heavy (non-hydrogen) atoms. The molecule has 0 bridgehead atoms. The third-order valence-corrected chi connectivity index (χ3v) is 6.79. The molecule has 10 heteroatoms. The second-order valence-electron chi connectivity index (χ2n) is 9.91. The van der Waals surface area contributed by atoms with Crippen molar-refractivity contribution in [2.24, 2.45) is 0 Å². The summed E-state index contributed by atoms with van der Waals surface area (Å²) in [5.41, 5.74) is 1.22. The minimum atomic E-state index is -1.03. The summed E-state index contributed by atoms with van der Waals surface area (Å²) in [5.74, 6) is -2.06. The van der Waals surface area contributed by atoms with E-state index in [9.17, 15) is 25.0 Å². The Kier molecular flexibility index (Phi) is 13.9. The van der Waals surface area contributed by atoms with Gasteiger partial charge in [-0.2, -0.15) is 5.06 Å². The maximum Gasteiger partial charge on any atom is 0.317 e. The summed E-state index contributed by atoms with van der Waals surface area (Å²) in [5, 5.41) is 30.7. The Morgan fingerprint density at radius 1 is 0.917 bits per heavy atom. The van der Waals surface area contributed by atoms with Crippen LogP contribution in [-0.2, 0) is 9.59 Å². The van der Waals surface area contributed by atoms with Gasteiger partial charge in [0.25, 0.3) is 0 Å². The molecule has 3 N–H and O–H groups in total. The van der Waals surface area contributed by atoms with E-state index in [1.165, 1.54) is 10.6 Å². The van der Waals surface area contributed by atoms with E-state index in [1.54, 1.807) is 4.90 Å². The van der Waals surface area contributed by atoms with E-state index in [2.05, 4.69) is 59.2 Å². The SMILES string of the molecule is CN1CCN(C)CCN(CC(CCCC2=CC=CCC=C2)N(CC(=O)O)CC(=O)O)CCN(O)CC1. The van der Waals surface area contributed by atoms with Gasteiger partial charge in [-0.05, 0) is 45.4 Å². The maximum absolute atomic E-state index is 11.6. The van der Waals surface area contributed by atoms with Gasteiger partial charge in [0.1, 0.15) is 0 Å². The summed E-state index contributed by atoms with van der Waals surface area (Å²) >= 11 is 0. The monoisotopic (exact) mass is 507 g/mol. The molecule has 2 rings (SSSR count). The van der Waals surface area contributed by atoms with Gasteiger partial charge >= 0.3 is 11.9 Å². The number of carbonyl (C=O) groups is 2. The van der Waals surface area contributed by atoms with Crippen LogP contribution in [0.15, 0.2) is 36.0 Å². The van der Waals surface area contributed by atoms with Crippen LogP contribution in [0.4, 0.5) is 0 Å². The fourth-order valence-corrected chi connectivity index (χ4v) is 4.51. The molecule has 0 saturated carbocycles. The highest BCUT2D eigenvalue weighted by Gasteiger charge is 2.26. The van der Waals surface area contributed by atoms with Gasteiger partial charge in [-0.25, -0.2) is 0 Å². The van der Waals surface area contributed by atoms with E-state index in [0.717, 1.165) is 52.0 Å². The summed E-state index contributed by atoms with van der Waals surface area (Å²) < 4.78 is 0. The zero-order valence-electron chi connectivity index (χ0n) is 22.0. The highest BCUT2D eigenvalue weighted by atomic mass is 16.5. The molecule has 204 valence electrons. The van der Waals surface area contributed by atoms with Crippen LogP contribution in [0.2, 0.25) is 0 Å². The van der Waals surface area contributed by atoms with Crippen molar-refractivity contribution < 1.29 is 25.0 Å². The number of hydrogen-bond donors (Lipinski definition) is 3. The van der Waals surface area contributed by atoms with Crippen LogP contribution in [0.1, 0.15) is 25.7 Å². The molecule has 1 aliphatic heterocycles. The predicted octanol–water partition coefficient (Wildman–Crippen LogP) is 1.31. The fourth-order valence-electron chi connectivity index (χ4n) is 4.51. The molecule has 1 atom stereocenters. The zero-order chi connectivity index (χ0) is 26.3. The number of hydroxylamine groups is 2. The first-order valence-corrected chi connectivity index (χ1v) is 13.0. The lowest BCUT2D eigenvalue weighted by Gasteiger charge is -2.36. The largest absolute Gasteiger partial charge is 0.480 e. The lowest BCUT2D eigenvalue weighted by atomic mass is 10.0. The van der Waals surface area contributed by atoms with Crippen molar-refractivity contribution in [2.75, 3.05) is 86.1 Å². The molecule has 0 aromatic rings. The van der Waals surface area contributed by atoms with Gasteiger partial charge in [0, 0.05) is 64.9 Å². The van der Waals surface area contributed by atoms with Gasteiger partial charge in [0.05, 0.1) is 13.1 Å². The average Bonchev–Trinajstić information content (AvgIpc) is 3.09. The minimum absolute atomic E-state index is 0.223. The first-order valence-electron chi connectivity index (χ1n) is 13.0. The predicted molar refractivity (Wildman–Crippen MR) is 140 cm³/mol. The molecular formula is C26H45N5O5. The van der Waals surface area contributed by atoms with Crippen molar-refractivity contribution in [3.8, 4) is 0 Å². The standard InChI is InChI=1S/C26H45N5O5/c1-27-12-13-28(2)15-18-31(36)19-17-29(16-14-27)20-24(30(21-25(32)33)22-26(34)35)11-7-10-23-8-5-3-4-6-9-23/h3,5-6,8-9,24,36H,4,7,10-22H2,1-2H3,(H,32,33)(H,34,35). The van der Waals surface area contributed by atoms with Crippen molar-refractivity contribution in [3.05, 3.63) is 36.0 Å². The molecule has 0 aromatic carbocycles. The Morgan fingerprint density at radius 2 is 1.50 bits per heavy atom. The molecule has 0 radical (unpaired) electrons. The number of hydrogen-bond acceptors (Lipinski definition) is 8. The second-order valence-corrected chi connectivity index (χ2v) is 9.91. The van der Waals surface area contributed by atoms with Crippen molar-refractivity contribution in [1.29, 1.82) is 0 Å². The first-order chi connectivity index (χ1) is 17.2. The first kappa shape index (κ1) is 30.1. The van der Waals surface area contributed by atoms with Gasteiger partial charge in [0.2, 0.25) is 0 Å². The number of aliphatic carboxylic acids is 2. The average molecular weight is 508 g/mol. The van der Waals surface area contributed by atoms with Crippen molar-refractivity contribution in [2.45, 2.75) is 31.7 Å². The van der Waals surface area contributed by atoms with Crippen LogP contribution in [-0.4, -0.2) is 144 Å². The lowest BCUT2D eigenvalue weighted by Crippen LogP contribution is -2.51. The van der Waals surface area contributed by atoms with E-state index >= 15 is 0 Å². The summed E-state index contributed by atoms with van der Waals surface area (Å²) in [4.78, 5) is 31.5. The molecule has 2 aliphatic rings. The number of likely N-dealkylation sites (N-methyl/N-ethyl adjacent to an activating group) is 2. The Hall–Kier alpha value is -2.08. The summed E-state index contributed by atoms with van der Waals surface area (Å²) in [6.45, 7) is 5.79. The van der Waals surface area contributed by atoms with E-state index < -0.39 is 11.9 Å². The smallest absolute Gasteiger partial charge is 0.317 e. The topological polar surface area (TPSA) is 111 Å². The molecule has 10 nitrogen and oxygen atoms in total. The Morgan fingerprint density at radius 3 is 2.17 bits per heavy atom. The lowest BCUT2D eigenvalue weighted by molar-refractivity contribution is -0.143. The third kappa shape index (κ3) is 12.8. The van der Waals surface area contributed by atoms with Crippen LogP contribution in [0.3, 0.4) is 0 Å². The normalized spacial score (nSPS) is 20.9. The van der Waals surface area contributed by atoms with Gasteiger partial charge in [0.15, 0.2) is 0 Å². The molecule has 1 unspecified atom stereocenters. The summed E-state index contributed by atoms with van der Waals surface area (Å²) in [6.07, 6.45) is 13.8. The summed E-state index contributed by atoms with van der Waals surface area (Å²) in [6, 6.07) is -0.223. The Balaban J connectivity index is 2.12. The highest BCUT2D eigenvalue weighted by molar-refractivity contribution is 5.72. The molecular weight excluding hydrogens is 462 g/mol. The molecule has 1 fully saturated rings. The molecule has 1 saturated heterocycles. The Bertz CT molecular complexity index is 738. The maximum atomic E-state index is 11.6. The van der Waals surface area contributed by atoms with Crippen LogP contribution in [0, 0.1) is 0 Å². The van der Waals surface area contributed by atoms with Crippen molar-refractivity contribution in [3.63, 3.8) is 0 Å². The second kappa shape index (κ2) is 16.6. The molecule has 1 heterocycles. The van der Waals surface area contributed by atoms with Gasteiger partial charge < -0.3 is 25.2 Å². The van der Waals surface area contributed by atoms with E-state index in [1.807, 2.05) is 0 Å².